The lowest BCUT2D eigenvalue weighted by molar-refractivity contribution is 0.218. The van der Waals surface area contributed by atoms with Crippen LogP contribution < -0.4 is 4.74 Å². The fraction of sp³-hybridized carbons (Fsp3) is 0.188. The Bertz CT molecular complexity index is 688. The fourth-order valence-corrected chi connectivity index (χ4v) is 2.09. The van der Waals surface area contributed by atoms with Gasteiger partial charge in [-0.05, 0) is 43.7 Å². The van der Waals surface area contributed by atoms with E-state index in [0.717, 1.165) is 22.6 Å². The summed E-state index contributed by atoms with van der Waals surface area (Å²) in [6.45, 7) is 4.07. The Labute approximate surface area is 112 Å². The van der Waals surface area contributed by atoms with Gasteiger partial charge in [-0.2, -0.15) is 0 Å². The van der Waals surface area contributed by atoms with Crippen LogP contribution in [0.4, 0.5) is 0 Å². The lowest BCUT2D eigenvalue weighted by Gasteiger charge is -2.11. The molecule has 3 heteroatoms. The predicted molar refractivity (Wildman–Crippen MR) is 76.3 cm³/mol. The van der Waals surface area contributed by atoms with Crippen LogP contribution in [0.2, 0.25) is 0 Å². The molecule has 1 N–H and O–H groups in total. The topological polar surface area (TPSA) is 37.9 Å². The first-order valence-corrected chi connectivity index (χ1v) is 6.40. The molecule has 3 aromatic rings. The van der Waals surface area contributed by atoms with Crippen LogP contribution in [-0.2, 0) is 0 Å². The van der Waals surface area contributed by atoms with Crippen LogP contribution in [0.25, 0.3) is 11.0 Å². The molecular formula is C16H16N2O. The van der Waals surface area contributed by atoms with Crippen LogP contribution in [-0.4, -0.2) is 9.97 Å². The molecule has 1 aromatic heterocycles. The molecule has 0 spiro atoms. The summed E-state index contributed by atoms with van der Waals surface area (Å²) >= 11 is 0. The smallest absolute Gasteiger partial charge is 0.153 e. The van der Waals surface area contributed by atoms with E-state index in [1.54, 1.807) is 0 Å². The van der Waals surface area contributed by atoms with Gasteiger partial charge in [-0.1, -0.05) is 24.3 Å². The average Bonchev–Trinajstić information content (AvgIpc) is 2.83. The lowest BCUT2D eigenvalue weighted by atomic mass is 10.2. The molecule has 3 nitrogen and oxygen atoms in total. The number of H-pyrrole nitrogens is 1. The fourth-order valence-electron chi connectivity index (χ4n) is 2.09. The first kappa shape index (κ1) is 11.8. The number of ether oxygens (including phenoxy) is 1. The van der Waals surface area contributed by atoms with E-state index in [-0.39, 0.29) is 6.10 Å². The van der Waals surface area contributed by atoms with Crippen molar-refractivity contribution in [1.82, 2.24) is 9.97 Å². The van der Waals surface area contributed by atoms with Crippen molar-refractivity contribution in [2.24, 2.45) is 0 Å². The van der Waals surface area contributed by atoms with E-state index < -0.39 is 0 Å². The number of rotatable bonds is 3. The Kier molecular flexibility index (Phi) is 2.95. The zero-order chi connectivity index (χ0) is 13.2. The van der Waals surface area contributed by atoms with Crippen LogP contribution in [0.1, 0.15) is 24.4 Å². The van der Waals surface area contributed by atoms with E-state index in [1.165, 1.54) is 5.56 Å². The van der Waals surface area contributed by atoms with Gasteiger partial charge in [0.25, 0.3) is 0 Å². The molecular weight excluding hydrogens is 236 g/mol. The van der Waals surface area contributed by atoms with E-state index in [4.69, 9.17) is 4.74 Å². The number of imidazole rings is 1. The molecule has 0 unspecified atom stereocenters. The molecule has 0 fully saturated rings. The molecule has 0 aliphatic heterocycles. The zero-order valence-corrected chi connectivity index (χ0v) is 11.1. The third-order valence-electron chi connectivity index (χ3n) is 3.10. The molecule has 0 saturated carbocycles. The molecule has 19 heavy (non-hydrogen) atoms. The summed E-state index contributed by atoms with van der Waals surface area (Å²) in [5, 5.41) is 0. The van der Waals surface area contributed by atoms with Gasteiger partial charge >= 0.3 is 0 Å². The summed E-state index contributed by atoms with van der Waals surface area (Å²) in [7, 11) is 0. The van der Waals surface area contributed by atoms with Crippen molar-refractivity contribution in [3.63, 3.8) is 0 Å². The van der Waals surface area contributed by atoms with Crippen LogP contribution in [0.3, 0.4) is 0 Å². The highest BCUT2D eigenvalue weighted by molar-refractivity contribution is 5.75. The summed E-state index contributed by atoms with van der Waals surface area (Å²) in [6.07, 6.45) is -0.102. The largest absolute Gasteiger partial charge is 0.483 e. The van der Waals surface area contributed by atoms with E-state index in [9.17, 15) is 0 Å². The Morgan fingerprint density at radius 2 is 1.89 bits per heavy atom. The second-order valence-corrected chi connectivity index (χ2v) is 4.72. The van der Waals surface area contributed by atoms with E-state index in [0.29, 0.717) is 0 Å². The van der Waals surface area contributed by atoms with Gasteiger partial charge in [-0.15, -0.1) is 0 Å². The molecule has 0 aliphatic rings. The molecule has 3 rings (SSSR count). The Morgan fingerprint density at radius 1 is 1.11 bits per heavy atom. The summed E-state index contributed by atoms with van der Waals surface area (Å²) < 4.78 is 5.87. The minimum Gasteiger partial charge on any atom is -0.483 e. The number of nitrogens with zero attached hydrogens (tertiary/aromatic N) is 1. The number of hydrogen-bond donors (Lipinski definition) is 1. The van der Waals surface area contributed by atoms with Gasteiger partial charge in [-0.3, -0.25) is 0 Å². The predicted octanol–water partition coefficient (Wildman–Crippen LogP) is 4.01. The van der Waals surface area contributed by atoms with E-state index in [1.807, 2.05) is 43.3 Å². The zero-order valence-electron chi connectivity index (χ0n) is 11.1. The first-order chi connectivity index (χ1) is 9.22. The van der Waals surface area contributed by atoms with Crippen molar-refractivity contribution in [2.45, 2.75) is 20.0 Å². The van der Waals surface area contributed by atoms with Crippen LogP contribution in [0.5, 0.6) is 5.75 Å². The average molecular weight is 252 g/mol. The van der Waals surface area contributed by atoms with E-state index >= 15 is 0 Å². The van der Waals surface area contributed by atoms with Gasteiger partial charge in [-0.25, -0.2) is 4.98 Å². The minimum atomic E-state index is -0.102. The van der Waals surface area contributed by atoms with Gasteiger partial charge in [0, 0.05) is 0 Å². The maximum atomic E-state index is 5.87. The summed E-state index contributed by atoms with van der Waals surface area (Å²) in [6, 6.07) is 16.0. The quantitative estimate of drug-likeness (QED) is 0.764. The van der Waals surface area contributed by atoms with Gasteiger partial charge in [0.05, 0.1) is 11.0 Å². The highest BCUT2D eigenvalue weighted by Crippen LogP contribution is 2.22. The summed E-state index contributed by atoms with van der Waals surface area (Å²) in [4.78, 5) is 7.89. The van der Waals surface area contributed by atoms with Crippen molar-refractivity contribution >= 4 is 11.0 Å². The Balaban J connectivity index is 1.87. The number of aryl methyl sites for hydroxylation is 1. The minimum absolute atomic E-state index is 0.102. The molecule has 0 amide bonds. The van der Waals surface area contributed by atoms with Gasteiger partial charge < -0.3 is 9.72 Å². The van der Waals surface area contributed by atoms with Gasteiger partial charge in [0.2, 0.25) is 0 Å². The van der Waals surface area contributed by atoms with Crippen LogP contribution >= 0.6 is 0 Å². The molecule has 96 valence electrons. The van der Waals surface area contributed by atoms with Gasteiger partial charge in [0.15, 0.2) is 6.10 Å². The van der Waals surface area contributed by atoms with Crippen molar-refractivity contribution in [1.29, 1.82) is 0 Å². The molecule has 0 saturated heterocycles. The number of hydrogen-bond acceptors (Lipinski definition) is 2. The highest BCUT2D eigenvalue weighted by atomic mass is 16.5. The number of benzene rings is 2. The van der Waals surface area contributed by atoms with Crippen LogP contribution in [0.15, 0.2) is 48.5 Å². The maximum absolute atomic E-state index is 5.87. The third-order valence-corrected chi connectivity index (χ3v) is 3.10. The number of aromatic nitrogens is 2. The van der Waals surface area contributed by atoms with E-state index in [2.05, 4.69) is 29.0 Å². The Hall–Kier alpha value is -2.29. The lowest BCUT2D eigenvalue weighted by Crippen LogP contribution is -2.04. The van der Waals surface area contributed by atoms with Gasteiger partial charge in [0.1, 0.15) is 11.6 Å². The molecule has 0 bridgehead atoms. The number of nitrogens with one attached hydrogen (secondary N) is 1. The normalized spacial score (nSPS) is 12.5. The monoisotopic (exact) mass is 252 g/mol. The number of fused-ring (bicyclic) bond motifs is 1. The summed E-state index contributed by atoms with van der Waals surface area (Å²) in [5.41, 5.74) is 3.25. The molecule has 1 atom stereocenters. The van der Waals surface area contributed by atoms with Crippen molar-refractivity contribution in [3.05, 3.63) is 59.9 Å². The molecule has 1 heterocycles. The maximum Gasteiger partial charge on any atom is 0.153 e. The highest BCUT2D eigenvalue weighted by Gasteiger charge is 2.12. The SMILES string of the molecule is Cc1ccc2nc([C@H](C)Oc3ccccc3)[nH]c2c1. The molecule has 0 aliphatic carbocycles. The summed E-state index contributed by atoms with van der Waals surface area (Å²) in [5.74, 6) is 1.70. The number of aromatic amines is 1. The van der Waals surface area contributed by atoms with Crippen molar-refractivity contribution in [3.8, 4) is 5.75 Å². The second-order valence-electron chi connectivity index (χ2n) is 4.72. The standard InChI is InChI=1S/C16H16N2O/c1-11-8-9-14-15(10-11)18-16(17-14)12(2)19-13-6-4-3-5-7-13/h3-10,12H,1-2H3,(H,17,18)/t12-/m0/s1. The molecule has 2 aromatic carbocycles. The first-order valence-electron chi connectivity index (χ1n) is 6.40. The molecule has 0 radical (unpaired) electrons. The van der Waals surface area contributed by atoms with Crippen molar-refractivity contribution < 1.29 is 4.74 Å². The Morgan fingerprint density at radius 3 is 2.68 bits per heavy atom. The van der Waals surface area contributed by atoms with Crippen LogP contribution in [0, 0.1) is 6.92 Å². The van der Waals surface area contributed by atoms with Crippen molar-refractivity contribution in [2.75, 3.05) is 0 Å². The number of para-hydroxylation sites is 1. The third kappa shape index (κ3) is 2.45. The second kappa shape index (κ2) is 4.76.